The molecule has 0 spiro atoms. The Kier molecular flexibility index (Phi) is 6.00. The highest BCUT2D eigenvalue weighted by molar-refractivity contribution is 9.09. The summed E-state index contributed by atoms with van der Waals surface area (Å²) in [5.74, 6) is 0.262. The summed E-state index contributed by atoms with van der Waals surface area (Å²) < 4.78 is 33.2. The molecule has 4 N–H and O–H groups in total. The number of halogens is 2. The third-order valence-corrected chi connectivity index (χ3v) is 5.69. The number of hydrogen-bond donors (Lipinski definition) is 3. The zero-order valence-electron chi connectivity index (χ0n) is 15.5. The first-order valence-corrected chi connectivity index (χ1v) is 11.6. The maximum Gasteiger partial charge on any atom is 0.391 e. The molecule has 0 atom stereocenters. The van der Waals surface area contributed by atoms with Gasteiger partial charge in [-0.05, 0) is 42.5 Å². The van der Waals surface area contributed by atoms with Crippen LogP contribution in [0.4, 0.5) is 10.1 Å². The van der Waals surface area contributed by atoms with Crippen molar-refractivity contribution in [3.05, 3.63) is 29.6 Å². The van der Waals surface area contributed by atoms with E-state index in [0.717, 1.165) is 22.8 Å². The van der Waals surface area contributed by atoms with E-state index < -0.39 is 18.9 Å². The van der Waals surface area contributed by atoms with Crippen LogP contribution in [0.15, 0.2) is 22.6 Å². The summed E-state index contributed by atoms with van der Waals surface area (Å²) in [6.45, 7) is 4.62. The van der Waals surface area contributed by atoms with Crippen molar-refractivity contribution in [1.29, 1.82) is 0 Å². The number of aromatic nitrogens is 2. The molecule has 0 fully saturated rings. The molecule has 3 aromatic rings. The van der Waals surface area contributed by atoms with Crippen LogP contribution in [0.25, 0.3) is 22.6 Å². The van der Waals surface area contributed by atoms with Crippen LogP contribution >= 0.6 is 23.5 Å². The maximum atomic E-state index is 14.4. The monoisotopic (exact) mass is 473 g/mol. The Morgan fingerprint density at radius 2 is 2.11 bits per heavy atom. The fourth-order valence-electron chi connectivity index (χ4n) is 3.16. The lowest BCUT2D eigenvalue weighted by Gasteiger charge is -2.14. The maximum absolute atomic E-state index is 14.4. The molecular formula is C18H22BrFN3O4P. The topological polar surface area (TPSA) is 115 Å². The van der Waals surface area contributed by atoms with Gasteiger partial charge in [-0.2, -0.15) is 0 Å². The number of furan rings is 1. The molecule has 0 radical (unpaired) electrons. The number of rotatable bonds is 7. The Bertz CT molecular complexity index is 1060. The summed E-state index contributed by atoms with van der Waals surface area (Å²) in [4.78, 5) is 23.2. The van der Waals surface area contributed by atoms with Crippen LogP contribution in [0, 0.1) is 11.7 Å². The third kappa shape index (κ3) is 4.03. The van der Waals surface area contributed by atoms with Crippen molar-refractivity contribution >= 4 is 45.7 Å². The zero-order valence-corrected chi connectivity index (χ0v) is 18.0. The molecule has 2 heterocycles. The summed E-state index contributed by atoms with van der Waals surface area (Å²) in [6, 6.07) is 4.12. The van der Waals surface area contributed by atoms with Crippen LogP contribution in [0.5, 0.6) is 0 Å². The van der Waals surface area contributed by atoms with Crippen molar-refractivity contribution in [2.45, 2.75) is 33.2 Å². The van der Waals surface area contributed by atoms with Gasteiger partial charge in [-0.1, -0.05) is 29.8 Å². The lowest BCUT2D eigenvalue weighted by Crippen LogP contribution is -2.08. The molecule has 1 aromatic carbocycles. The minimum Gasteiger partial charge on any atom is -0.445 e. The van der Waals surface area contributed by atoms with E-state index in [4.69, 9.17) is 10.2 Å². The summed E-state index contributed by atoms with van der Waals surface area (Å²) in [5, 5.41) is 0.773. The highest BCUT2D eigenvalue weighted by Gasteiger charge is 2.26. The van der Waals surface area contributed by atoms with Crippen LogP contribution in [0.1, 0.15) is 25.8 Å². The molecule has 0 unspecified atom stereocenters. The van der Waals surface area contributed by atoms with Gasteiger partial charge in [-0.15, -0.1) is 0 Å². The number of aryl methyl sites for hydroxylation is 1. The number of fused-ring (bicyclic) bond motifs is 1. The molecule has 0 bridgehead atoms. The van der Waals surface area contributed by atoms with E-state index in [1.54, 1.807) is 0 Å². The molecule has 0 saturated carbocycles. The van der Waals surface area contributed by atoms with E-state index in [0.29, 0.717) is 24.3 Å². The smallest absolute Gasteiger partial charge is 0.391 e. The van der Waals surface area contributed by atoms with Gasteiger partial charge in [0.05, 0.1) is 11.2 Å². The summed E-state index contributed by atoms with van der Waals surface area (Å²) in [5.41, 5.74) is 7.30. The predicted octanol–water partition coefficient (Wildman–Crippen LogP) is 3.80. The Morgan fingerprint density at radius 1 is 1.39 bits per heavy atom. The van der Waals surface area contributed by atoms with Crippen LogP contribution in [-0.4, -0.2) is 24.7 Å². The first-order chi connectivity index (χ1) is 13.1. The number of nitrogens with two attached hydrogens (primary N) is 1. The molecule has 2 aromatic heterocycles. The van der Waals surface area contributed by atoms with Gasteiger partial charge in [0.2, 0.25) is 5.50 Å². The van der Waals surface area contributed by atoms with E-state index >= 15 is 0 Å². The van der Waals surface area contributed by atoms with Crippen molar-refractivity contribution in [1.82, 2.24) is 9.55 Å². The molecule has 0 amide bonds. The highest BCUT2D eigenvalue weighted by atomic mass is 79.9. The number of nitrogens with zero attached hydrogens (tertiary/aromatic N) is 2. The molecule has 28 heavy (non-hydrogen) atoms. The summed E-state index contributed by atoms with van der Waals surface area (Å²) >= 11 is 3.40. The van der Waals surface area contributed by atoms with Crippen molar-refractivity contribution in [3.63, 3.8) is 0 Å². The standard InChI is InChI=1S/C18H22BrFN3O4P/c1-10(2)9-23-17-11(4-3-7-19)8-12(20)15(21)16(17)22-18(23)13-5-6-14(27-13)28(24,25)26/h5-6,8,10H,3-4,7,9,21H2,1-2H3,(H2,24,25,26). The number of imidazole rings is 1. The number of nitrogen functional groups attached to an aromatic ring is 1. The average molecular weight is 474 g/mol. The summed E-state index contributed by atoms with van der Waals surface area (Å²) in [6.07, 6.45) is 1.44. The highest BCUT2D eigenvalue weighted by Crippen LogP contribution is 2.37. The van der Waals surface area contributed by atoms with Gasteiger partial charge in [0.25, 0.3) is 0 Å². The number of hydrogen-bond acceptors (Lipinski definition) is 4. The van der Waals surface area contributed by atoms with Crippen molar-refractivity contribution in [2.24, 2.45) is 5.92 Å². The van der Waals surface area contributed by atoms with Gasteiger partial charge < -0.3 is 24.5 Å². The van der Waals surface area contributed by atoms with Gasteiger partial charge in [0.1, 0.15) is 11.3 Å². The summed E-state index contributed by atoms with van der Waals surface area (Å²) in [7, 11) is -4.53. The van der Waals surface area contributed by atoms with E-state index in [2.05, 4.69) is 20.9 Å². The van der Waals surface area contributed by atoms with Gasteiger partial charge in [0, 0.05) is 11.9 Å². The second-order valence-electron chi connectivity index (χ2n) is 7.04. The predicted molar refractivity (Wildman–Crippen MR) is 110 cm³/mol. The Labute approximate surface area is 170 Å². The molecule has 0 aliphatic rings. The molecule has 152 valence electrons. The molecule has 0 saturated heterocycles. The second-order valence-corrected chi connectivity index (χ2v) is 9.36. The first kappa shape index (κ1) is 21.0. The SMILES string of the molecule is CC(C)Cn1c(-c2ccc(P(=O)(O)O)o2)nc2c(N)c(F)cc(CCCBr)c21. The van der Waals surface area contributed by atoms with E-state index in [1.165, 1.54) is 18.2 Å². The molecule has 10 heteroatoms. The van der Waals surface area contributed by atoms with Gasteiger partial charge >= 0.3 is 7.60 Å². The van der Waals surface area contributed by atoms with Crippen molar-refractivity contribution in [2.75, 3.05) is 11.1 Å². The minimum atomic E-state index is -4.53. The van der Waals surface area contributed by atoms with Gasteiger partial charge in [-0.25, -0.2) is 9.37 Å². The third-order valence-electron chi connectivity index (χ3n) is 4.31. The quantitative estimate of drug-likeness (QED) is 0.273. The molecule has 0 aliphatic heterocycles. The molecule has 0 aliphatic carbocycles. The van der Waals surface area contributed by atoms with Crippen LogP contribution < -0.4 is 11.2 Å². The number of benzene rings is 1. The lowest BCUT2D eigenvalue weighted by molar-refractivity contribution is 0.377. The van der Waals surface area contributed by atoms with Gasteiger partial charge in [0.15, 0.2) is 11.6 Å². The van der Waals surface area contributed by atoms with Gasteiger partial charge in [-0.3, -0.25) is 4.57 Å². The zero-order chi connectivity index (χ0) is 20.6. The molecule has 3 rings (SSSR count). The fourth-order valence-corrected chi connectivity index (χ4v) is 3.93. The van der Waals surface area contributed by atoms with Crippen molar-refractivity contribution in [3.8, 4) is 11.6 Å². The largest absolute Gasteiger partial charge is 0.445 e. The van der Waals surface area contributed by atoms with Crippen molar-refractivity contribution < 1.29 is 23.2 Å². The second kappa shape index (κ2) is 7.99. The average Bonchev–Trinajstić information content (AvgIpc) is 3.21. The lowest BCUT2D eigenvalue weighted by atomic mass is 10.1. The van der Waals surface area contributed by atoms with Crippen LogP contribution in [-0.2, 0) is 17.5 Å². The Balaban J connectivity index is 2.29. The van der Waals surface area contributed by atoms with E-state index in [1.807, 2.05) is 18.4 Å². The Hall–Kier alpha value is -1.67. The Morgan fingerprint density at radius 3 is 2.68 bits per heavy atom. The van der Waals surface area contributed by atoms with E-state index in [9.17, 15) is 18.7 Å². The van der Waals surface area contributed by atoms with Crippen LogP contribution in [0.2, 0.25) is 0 Å². The normalized spacial score (nSPS) is 12.4. The molecular weight excluding hydrogens is 452 g/mol. The first-order valence-electron chi connectivity index (χ1n) is 8.82. The fraction of sp³-hybridized carbons (Fsp3) is 0.389. The van der Waals surface area contributed by atoms with E-state index in [-0.39, 0.29) is 17.4 Å². The minimum absolute atomic E-state index is 0.0527. The van der Waals surface area contributed by atoms with Crippen LogP contribution in [0.3, 0.4) is 0 Å². The number of anilines is 1. The molecule has 7 nitrogen and oxygen atoms in total. The number of alkyl halides is 1.